The lowest BCUT2D eigenvalue weighted by Gasteiger charge is -2.31. The van der Waals surface area contributed by atoms with Crippen molar-refractivity contribution in [2.75, 3.05) is 18.4 Å². The SMILES string of the molecule is O=C(Nc1cccnc1)[C@H]1CCCN(S(=O)(=O)Cc2ccc(Cl)cc2Cl)C1. The van der Waals surface area contributed by atoms with Gasteiger partial charge in [-0.15, -0.1) is 0 Å². The quantitative estimate of drug-likeness (QED) is 0.790. The molecular formula is C18H19Cl2N3O3S. The summed E-state index contributed by atoms with van der Waals surface area (Å²) in [6.07, 6.45) is 4.43. The molecule has 144 valence electrons. The minimum Gasteiger partial charge on any atom is -0.324 e. The highest BCUT2D eigenvalue weighted by atomic mass is 35.5. The van der Waals surface area contributed by atoms with E-state index in [9.17, 15) is 13.2 Å². The van der Waals surface area contributed by atoms with Gasteiger partial charge in [0.2, 0.25) is 15.9 Å². The molecule has 6 nitrogen and oxygen atoms in total. The molecule has 9 heteroatoms. The zero-order valence-corrected chi connectivity index (χ0v) is 16.8. The summed E-state index contributed by atoms with van der Waals surface area (Å²) >= 11 is 12.0. The summed E-state index contributed by atoms with van der Waals surface area (Å²) in [5.74, 6) is -0.832. The van der Waals surface area contributed by atoms with Crippen LogP contribution in [0, 0.1) is 5.92 Å². The van der Waals surface area contributed by atoms with Gasteiger partial charge in [0.25, 0.3) is 0 Å². The molecule has 0 unspecified atom stereocenters. The van der Waals surface area contributed by atoms with Gasteiger partial charge in [0.1, 0.15) is 0 Å². The fourth-order valence-electron chi connectivity index (χ4n) is 3.02. The van der Waals surface area contributed by atoms with Gasteiger partial charge in [0, 0.05) is 29.3 Å². The molecular weight excluding hydrogens is 409 g/mol. The van der Waals surface area contributed by atoms with Crippen LogP contribution >= 0.6 is 23.2 Å². The minimum absolute atomic E-state index is 0.152. The van der Waals surface area contributed by atoms with Gasteiger partial charge in [-0.05, 0) is 42.7 Å². The van der Waals surface area contributed by atoms with E-state index >= 15 is 0 Å². The van der Waals surface area contributed by atoms with E-state index in [1.807, 2.05) is 0 Å². The number of nitrogens with one attached hydrogen (secondary N) is 1. The van der Waals surface area contributed by atoms with Crippen LogP contribution in [0.25, 0.3) is 0 Å². The van der Waals surface area contributed by atoms with Crippen molar-refractivity contribution in [3.63, 3.8) is 0 Å². The largest absolute Gasteiger partial charge is 0.324 e. The third-order valence-corrected chi connectivity index (χ3v) is 6.81. The number of hydrogen-bond donors (Lipinski definition) is 1. The van der Waals surface area contributed by atoms with E-state index in [0.717, 1.165) is 0 Å². The highest BCUT2D eigenvalue weighted by molar-refractivity contribution is 7.88. The number of aromatic nitrogens is 1. The zero-order chi connectivity index (χ0) is 19.4. The van der Waals surface area contributed by atoms with Gasteiger partial charge in [-0.3, -0.25) is 9.78 Å². The van der Waals surface area contributed by atoms with E-state index in [-0.39, 0.29) is 18.2 Å². The van der Waals surface area contributed by atoms with E-state index in [4.69, 9.17) is 23.2 Å². The average Bonchev–Trinajstić information content (AvgIpc) is 2.65. The number of pyridine rings is 1. The summed E-state index contributed by atoms with van der Waals surface area (Å²) < 4.78 is 27.0. The van der Waals surface area contributed by atoms with E-state index in [1.165, 1.54) is 10.4 Å². The van der Waals surface area contributed by atoms with Crippen molar-refractivity contribution in [3.8, 4) is 0 Å². The molecule has 27 heavy (non-hydrogen) atoms. The van der Waals surface area contributed by atoms with Crippen LogP contribution in [-0.2, 0) is 20.6 Å². The van der Waals surface area contributed by atoms with Crippen molar-refractivity contribution < 1.29 is 13.2 Å². The maximum atomic E-state index is 12.8. The van der Waals surface area contributed by atoms with Crippen LogP contribution in [-0.4, -0.2) is 36.7 Å². The molecule has 2 heterocycles. The van der Waals surface area contributed by atoms with Crippen LogP contribution in [0.3, 0.4) is 0 Å². The number of hydrogen-bond acceptors (Lipinski definition) is 4. The fraction of sp³-hybridized carbons (Fsp3) is 0.333. The standard InChI is InChI=1S/C18H19Cl2N3O3S/c19-15-6-5-14(17(20)9-15)12-27(25,26)23-8-2-3-13(11-23)18(24)22-16-4-1-7-21-10-16/h1,4-7,9-10,13H,2-3,8,11-12H2,(H,22,24)/t13-/m0/s1. The first-order chi connectivity index (χ1) is 12.8. The van der Waals surface area contributed by atoms with E-state index in [2.05, 4.69) is 10.3 Å². The molecule has 0 radical (unpaired) electrons. The second kappa shape index (κ2) is 8.56. The maximum Gasteiger partial charge on any atom is 0.228 e. The highest BCUT2D eigenvalue weighted by Gasteiger charge is 2.32. The maximum absolute atomic E-state index is 12.8. The number of carbonyl (C=O) groups is 1. The molecule has 0 saturated carbocycles. The van der Waals surface area contributed by atoms with Gasteiger partial charge < -0.3 is 5.32 Å². The third-order valence-electron chi connectivity index (χ3n) is 4.43. The normalized spacial score (nSPS) is 18.2. The third kappa shape index (κ3) is 5.19. The molecule has 1 atom stereocenters. The Morgan fingerprint density at radius 1 is 1.30 bits per heavy atom. The Labute approximate surface area is 168 Å². The second-order valence-electron chi connectivity index (χ2n) is 6.42. The van der Waals surface area contributed by atoms with Crippen LogP contribution in [0.5, 0.6) is 0 Å². The van der Waals surface area contributed by atoms with Crippen LogP contribution < -0.4 is 5.32 Å². The fourth-order valence-corrected chi connectivity index (χ4v) is 5.21. The van der Waals surface area contributed by atoms with Crippen molar-refractivity contribution in [2.45, 2.75) is 18.6 Å². The van der Waals surface area contributed by atoms with Gasteiger partial charge in [-0.1, -0.05) is 29.3 Å². The molecule has 2 aromatic rings. The number of rotatable bonds is 5. The van der Waals surface area contributed by atoms with Gasteiger partial charge in [-0.25, -0.2) is 12.7 Å². The Kier molecular flexibility index (Phi) is 6.37. The lowest BCUT2D eigenvalue weighted by Crippen LogP contribution is -2.44. The number of anilines is 1. The molecule has 0 spiro atoms. The van der Waals surface area contributed by atoms with E-state index < -0.39 is 15.9 Å². The second-order valence-corrected chi connectivity index (χ2v) is 9.23. The number of piperidine rings is 1. The van der Waals surface area contributed by atoms with Gasteiger partial charge in [0.05, 0.1) is 23.6 Å². The highest BCUT2D eigenvalue weighted by Crippen LogP contribution is 2.26. The van der Waals surface area contributed by atoms with Crippen molar-refractivity contribution in [3.05, 3.63) is 58.3 Å². The molecule has 0 aliphatic carbocycles. The number of carbonyl (C=O) groups excluding carboxylic acids is 1. The molecule has 1 N–H and O–H groups in total. The summed E-state index contributed by atoms with van der Waals surface area (Å²) in [6, 6.07) is 8.21. The Hall–Kier alpha value is -1.67. The topological polar surface area (TPSA) is 79.4 Å². The molecule has 0 bridgehead atoms. The van der Waals surface area contributed by atoms with Crippen molar-refractivity contribution in [2.24, 2.45) is 5.92 Å². The van der Waals surface area contributed by atoms with Crippen LogP contribution in [0.1, 0.15) is 18.4 Å². The predicted molar refractivity (Wildman–Crippen MR) is 106 cm³/mol. The minimum atomic E-state index is -3.60. The molecule has 1 aliphatic heterocycles. The van der Waals surface area contributed by atoms with Crippen LogP contribution in [0.2, 0.25) is 10.0 Å². The number of nitrogens with zero attached hydrogens (tertiary/aromatic N) is 2. The Morgan fingerprint density at radius 3 is 2.81 bits per heavy atom. The van der Waals surface area contributed by atoms with Crippen molar-refractivity contribution in [1.82, 2.24) is 9.29 Å². The molecule has 1 aliphatic rings. The van der Waals surface area contributed by atoms with E-state index in [0.29, 0.717) is 40.7 Å². The first-order valence-corrected chi connectivity index (χ1v) is 10.8. The summed E-state index contributed by atoms with van der Waals surface area (Å²) in [7, 11) is -3.60. The van der Waals surface area contributed by atoms with Crippen molar-refractivity contribution >= 4 is 44.8 Å². The molecule has 3 rings (SSSR count). The Morgan fingerprint density at radius 2 is 2.11 bits per heavy atom. The van der Waals surface area contributed by atoms with Gasteiger partial charge in [-0.2, -0.15) is 0 Å². The first-order valence-electron chi connectivity index (χ1n) is 8.48. The predicted octanol–water partition coefficient (Wildman–Crippen LogP) is 3.57. The first kappa shape index (κ1) is 20.1. The molecule has 1 saturated heterocycles. The molecule has 1 fully saturated rings. The Bertz CT molecular complexity index is 923. The average molecular weight is 428 g/mol. The lowest BCUT2D eigenvalue weighted by molar-refractivity contribution is -0.120. The number of benzene rings is 1. The monoisotopic (exact) mass is 427 g/mol. The summed E-state index contributed by atoms with van der Waals surface area (Å²) in [5.41, 5.74) is 1.08. The lowest BCUT2D eigenvalue weighted by atomic mass is 9.99. The molecule has 1 amide bonds. The summed E-state index contributed by atoms with van der Waals surface area (Å²) in [6.45, 7) is 0.545. The molecule has 1 aromatic carbocycles. The number of amides is 1. The van der Waals surface area contributed by atoms with Crippen LogP contribution in [0.15, 0.2) is 42.7 Å². The van der Waals surface area contributed by atoms with Crippen LogP contribution in [0.4, 0.5) is 5.69 Å². The zero-order valence-electron chi connectivity index (χ0n) is 14.4. The molecule has 1 aromatic heterocycles. The van der Waals surface area contributed by atoms with Gasteiger partial charge >= 0.3 is 0 Å². The summed E-state index contributed by atoms with van der Waals surface area (Å²) in [5, 5.41) is 3.55. The smallest absolute Gasteiger partial charge is 0.228 e. The summed E-state index contributed by atoms with van der Waals surface area (Å²) in [4.78, 5) is 16.4. The van der Waals surface area contributed by atoms with E-state index in [1.54, 1.807) is 36.7 Å². The number of halogens is 2. The Balaban J connectivity index is 1.68. The van der Waals surface area contributed by atoms with Crippen molar-refractivity contribution in [1.29, 1.82) is 0 Å². The van der Waals surface area contributed by atoms with Gasteiger partial charge in [0.15, 0.2) is 0 Å². The number of sulfonamides is 1.